The van der Waals surface area contributed by atoms with Gasteiger partial charge in [0.25, 0.3) is 5.91 Å². The molecule has 1 aliphatic carbocycles. The molecular weight excluding hydrogens is 342 g/mol. The third-order valence-corrected chi connectivity index (χ3v) is 5.67. The number of halogens is 1. The lowest BCUT2D eigenvalue weighted by Crippen LogP contribution is -2.54. The smallest absolute Gasteiger partial charge is 0.324 e. The molecule has 2 atom stereocenters. The number of urea groups is 1. The predicted octanol–water partition coefficient (Wildman–Crippen LogP) is 3.09. The SMILES string of the molecule is Cc1ccc(NC(=O)CN2C(=O)N[C@@]3(CCCC[C@@H]3C)C2=O)cc1Cl. The van der Waals surface area contributed by atoms with Crippen LogP contribution in [0.1, 0.15) is 38.2 Å². The molecule has 134 valence electrons. The Balaban J connectivity index is 1.69. The molecule has 7 heteroatoms. The van der Waals surface area contributed by atoms with E-state index >= 15 is 0 Å². The molecule has 0 radical (unpaired) electrons. The summed E-state index contributed by atoms with van der Waals surface area (Å²) in [5.74, 6) is -0.646. The van der Waals surface area contributed by atoms with Crippen molar-refractivity contribution in [3.05, 3.63) is 28.8 Å². The molecule has 0 aromatic heterocycles. The van der Waals surface area contributed by atoms with Gasteiger partial charge in [-0.1, -0.05) is 37.4 Å². The topological polar surface area (TPSA) is 78.5 Å². The van der Waals surface area contributed by atoms with E-state index < -0.39 is 17.5 Å². The molecule has 0 unspecified atom stereocenters. The number of aryl methyl sites for hydroxylation is 1. The Bertz CT molecular complexity index is 736. The van der Waals surface area contributed by atoms with Crippen LogP contribution in [-0.2, 0) is 9.59 Å². The number of nitrogens with zero attached hydrogens (tertiary/aromatic N) is 1. The van der Waals surface area contributed by atoms with Crippen LogP contribution >= 0.6 is 11.6 Å². The maximum Gasteiger partial charge on any atom is 0.325 e. The molecule has 1 saturated heterocycles. The summed E-state index contributed by atoms with van der Waals surface area (Å²) in [6.07, 6.45) is 3.48. The second-order valence-electron chi connectivity index (χ2n) is 6.95. The van der Waals surface area contributed by atoms with E-state index in [4.69, 9.17) is 11.6 Å². The lowest BCUT2D eigenvalue weighted by atomic mass is 9.73. The predicted molar refractivity (Wildman–Crippen MR) is 95.4 cm³/mol. The largest absolute Gasteiger partial charge is 0.325 e. The van der Waals surface area contributed by atoms with Crippen LogP contribution in [0.2, 0.25) is 5.02 Å². The van der Waals surface area contributed by atoms with Crippen molar-refractivity contribution in [1.82, 2.24) is 10.2 Å². The average molecular weight is 364 g/mol. The maximum absolute atomic E-state index is 12.8. The second-order valence-corrected chi connectivity index (χ2v) is 7.36. The van der Waals surface area contributed by atoms with E-state index in [1.807, 2.05) is 13.8 Å². The number of carbonyl (C=O) groups excluding carboxylic acids is 3. The first kappa shape index (κ1) is 17.7. The molecule has 2 N–H and O–H groups in total. The summed E-state index contributed by atoms with van der Waals surface area (Å²) in [5, 5.41) is 6.07. The fraction of sp³-hybridized carbons (Fsp3) is 0.500. The highest BCUT2D eigenvalue weighted by Gasteiger charge is 2.55. The number of rotatable bonds is 3. The van der Waals surface area contributed by atoms with Gasteiger partial charge in [-0.15, -0.1) is 0 Å². The van der Waals surface area contributed by atoms with E-state index in [0.717, 1.165) is 29.7 Å². The van der Waals surface area contributed by atoms with Crippen LogP contribution in [0.25, 0.3) is 0 Å². The highest BCUT2D eigenvalue weighted by atomic mass is 35.5. The summed E-state index contributed by atoms with van der Waals surface area (Å²) in [6, 6.07) is 4.68. The molecule has 1 aromatic carbocycles. The van der Waals surface area contributed by atoms with Crippen molar-refractivity contribution >= 4 is 35.1 Å². The Hall–Kier alpha value is -2.08. The monoisotopic (exact) mass is 363 g/mol. The quantitative estimate of drug-likeness (QED) is 0.810. The molecule has 1 saturated carbocycles. The van der Waals surface area contributed by atoms with Crippen molar-refractivity contribution < 1.29 is 14.4 Å². The first-order valence-corrected chi connectivity index (χ1v) is 8.91. The van der Waals surface area contributed by atoms with Crippen LogP contribution in [0.5, 0.6) is 0 Å². The number of benzene rings is 1. The van der Waals surface area contributed by atoms with Gasteiger partial charge >= 0.3 is 6.03 Å². The maximum atomic E-state index is 12.8. The van der Waals surface area contributed by atoms with Gasteiger partial charge in [0.15, 0.2) is 0 Å². The standard InChI is InChI=1S/C18H22ClN3O3/c1-11-6-7-13(9-14(11)19)20-15(23)10-22-16(24)18(21-17(22)25)8-4-3-5-12(18)2/h6-7,9,12H,3-5,8,10H2,1-2H3,(H,20,23)(H,21,25)/t12-,18+/m0/s1. The van der Waals surface area contributed by atoms with Gasteiger partial charge in [-0.2, -0.15) is 0 Å². The number of carbonyl (C=O) groups is 3. The molecule has 25 heavy (non-hydrogen) atoms. The fourth-order valence-corrected chi connectivity index (χ4v) is 3.83. The molecule has 1 aliphatic heterocycles. The Morgan fingerprint density at radius 3 is 2.84 bits per heavy atom. The average Bonchev–Trinajstić information content (AvgIpc) is 2.79. The summed E-state index contributed by atoms with van der Waals surface area (Å²) in [5.41, 5.74) is 0.596. The fourth-order valence-electron chi connectivity index (χ4n) is 3.65. The van der Waals surface area contributed by atoms with Gasteiger partial charge in [-0.05, 0) is 43.4 Å². The highest BCUT2D eigenvalue weighted by molar-refractivity contribution is 6.31. The number of hydrogen-bond acceptors (Lipinski definition) is 3. The molecule has 1 aromatic rings. The van der Waals surface area contributed by atoms with Gasteiger partial charge in [0.05, 0.1) is 0 Å². The molecule has 2 aliphatic rings. The third kappa shape index (κ3) is 3.23. The minimum Gasteiger partial charge on any atom is -0.324 e. The Morgan fingerprint density at radius 2 is 2.16 bits per heavy atom. The molecule has 1 spiro atoms. The highest BCUT2D eigenvalue weighted by Crippen LogP contribution is 2.38. The lowest BCUT2D eigenvalue weighted by Gasteiger charge is -2.36. The van der Waals surface area contributed by atoms with Crippen molar-refractivity contribution in [1.29, 1.82) is 0 Å². The molecule has 1 heterocycles. The van der Waals surface area contributed by atoms with Crippen LogP contribution in [0.3, 0.4) is 0 Å². The van der Waals surface area contributed by atoms with E-state index in [9.17, 15) is 14.4 Å². The van der Waals surface area contributed by atoms with Crippen molar-refractivity contribution in [3.63, 3.8) is 0 Å². The zero-order valence-electron chi connectivity index (χ0n) is 14.4. The Morgan fingerprint density at radius 1 is 1.40 bits per heavy atom. The second kappa shape index (κ2) is 6.67. The van der Waals surface area contributed by atoms with Crippen molar-refractivity contribution in [2.75, 3.05) is 11.9 Å². The Labute approximate surface area is 151 Å². The first-order chi connectivity index (χ1) is 11.8. The minimum absolute atomic E-state index is 0.0710. The van der Waals surface area contributed by atoms with Crippen LogP contribution in [-0.4, -0.2) is 34.8 Å². The van der Waals surface area contributed by atoms with E-state index in [2.05, 4.69) is 10.6 Å². The van der Waals surface area contributed by atoms with Gasteiger partial charge < -0.3 is 10.6 Å². The van der Waals surface area contributed by atoms with Gasteiger partial charge in [0.2, 0.25) is 5.91 Å². The van der Waals surface area contributed by atoms with Gasteiger partial charge in [-0.25, -0.2) is 4.79 Å². The first-order valence-electron chi connectivity index (χ1n) is 8.53. The molecular formula is C18H22ClN3O3. The molecule has 4 amide bonds. The van der Waals surface area contributed by atoms with Gasteiger partial charge in [0, 0.05) is 10.7 Å². The van der Waals surface area contributed by atoms with Gasteiger partial charge in [-0.3, -0.25) is 14.5 Å². The van der Waals surface area contributed by atoms with Crippen LogP contribution in [0, 0.1) is 12.8 Å². The zero-order chi connectivity index (χ0) is 18.2. The van der Waals surface area contributed by atoms with E-state index in [1.54, 1.807) is 18.2 Å². The van der Waals surface area contributed by atoms with Crippen LogP contribution < -0.4 is 10.6 Å². The summed E-state index contributed by atoms with van der Waals surface area (Å²) in [7, 11) is 0. The van der Waals surface area contributed by atoms with Crippen LogP contribution in [0.4, 0.5) is 10.5 Å². The zero-order valence-corrected chi connectivity index (χ0v) is 15.2. The number of amides is 4. The van der Waals surface area contributed by atoms with Crippen molar-refractivity contribution in [2.24, 2.45) is 5.92 Å². The minimum atomic E-state index is -0.844. The normalized spacial score (nSPS) is 26.0. The summed E-state index contributed by atoms with van der Waals surface area (Å²) in [6.45, 7) is 3.55. The molecule has 6 nitrogen and oxygen atoms in total. The van der Waals surface area contributed by atoms with E-state index in [1.165, 1.54) is 0 Å². The number of imide groups is 1. The van der Waals surface area contributed by atoms with Crippen molar-refractivity contribution in [2.45, 2.75) is 45.1 Å². The summed E-state index contributed by atoms with van der Waals surface area (Å²) >= 11 is 6.05. The van der Waals surface area contributed by atoms with E-state index in [-0.39, 0.29) is 18.4 Å². The van der Waals surface area contributed by atoms with E-state index in [0.29, 0.717) is 17.1 Å². The van der Waals surface area contributed by atoms with Crippen molar-refractivity contribution in [3.8, 4) is 0 Å². The number of hydrogen-bond donors (Lipinski definition) is 2. The number of anilines is 1. The molecule has 2 fully saturated rings. The number of nitrogens with one attached hydrogen (secondary N) is 2. The molecule has 0 bridgehead atoms. The third-order valence-electron chi connectivity index (χ3n) is 5.26. The summed E-state index contributed by atoms with van der Waals surface area (Å²) < 4.78 is 0. The lowest BCUT2D eigenvalue weighted by molar-refractivity contribution is -0.136. The molecule has 3 rings (SSSR count). The van der Waals surface area contributed by atoms with Gasteiger partial charge in [0.1, 0.15) is 12.1 Å². The Kier molecular flexibility index (Phi) is 4.73. The summed E-state index contributed by atoms with van der Waals surface area (Å²) in [4.78, 5) is 38.4. The van der Waals surface area contributed by atoms with Crippen LogP contribution in [0.15, 0.2) is 18.2 Å².